The lowest BCUT2D eigenvalue weighted by molar-refractivity contribution is -0.278. The molecular formula is C30H26O12. The first-order valence-corrected chi connectivity index (χ1v) is 12.7. The van der Waals surface area contributed by atoms with Gasteiger partial charge in [0.1, 0.15) is 70.8 Å². The van der Waals surface area contributed by atoms with Crippen molar-refractivity contribution < 1.29 is 54.1 Å². The summed E-state index contributed by atoms with van der Waals surface area (Å²) >= 11 is 0. The van der Waals surface area contributed by atoms with E-state index < -0.39 is 54.5 Å². The molecule has 4 aromatic rings. The molecule has 0 aliphatic carbocycles. The maximum absolute atomic E-state index is 12.7. The number of aliphatic hydroxyl groups excluding tert-OH is 3. The van der Waals surface area contributed by atoms with Crippen molar-refractivity contribution in [3.05, 3.63) is 88.6 Å². The first-order chi connectivity index (χ1) is 20.1. The van der Waals surface area contributed by atoms with Crippen LogP contribution < -0.4 is 10.2 Å². The Bertz CT molecular complexity index is 1660. The normalized spacial score (nSPS) is 22.3. The van der Waals surface area contributed by atoms with E-state index >= 15 is 0 Å². The molecule has 1 fully saturated rings. The van der Waals surface area contributed by atoms with E-state index in [9.17, 15) is 40.2 Å². The smallest absolute Gasteiger partial charge is 0.330 e. The van der Waals surface area contributed by atoms with Gasteiger partial charge in [-0.3, -0.25) is 4.79 Å². The van der Waals surface area contributed by atoms with Gasteiger partial charge in [-0.05, 0) is 48.0 Å². The van der Waals surface area contributed by atoms with Crippen molar-refractivity contribution in [3.8, 4) is 34.3 Å². The predicted octanol–water partition coefficient (Wildman–Crippen LogP) is 2.02. The third-order valence-corrected chi connectivity index (χ3v) is 6.55. The molecule has 0 spiro atoms. The van der Waals surface area contributed by atoms with Crippen molar-refractivity contribution in [1.29, 1.82) is 0 Å². The fraction of sp³-hybridized carbons (Fsp3) is 0.200. The van der Waals surface area contributed by atoms with Crippen LogP contribution in [-0.2, 0) is 14.3 Å². The molecule has 5 atom stereocenters. The van der Waals surface area contributed by atoms with Gasteiger partial charge in [0.15, 0.2) is 5.43 Å². The van der Waals surface area contributed by atoms with Gasteiger partial charge in [-0.25, -0.2) is 4.79 Å². The van der Waals surface area contributed by atoms with Crippen LogP contribution in [-0.4, -0.2) is 73.9 Å². The van der Waals surface area contributed by atoms with Crippen molar-refractivity contribution in [1.82, 2.24) is 0 Å². The van der Waals surface area contributed by atoms with Crippen LogP contribution in [0.3, 0.4) is 0 Å². The molecule has 42 heavy (non-hydrogen) atoms. The van der Waals surface area contributed by atoms with Crippen LogP contribution in [0.2, 0.25) is 0 Å². The zero-order valence-corrected chi connectivity index (χ0v) is 21.7. The van der Waals surface area contributed by atoms with Crippen molar-refractivity contribution in [3.63, 3.8) is 0 Å². The average molecular weight is 579 g/mol. The summed E-state index contributed by atoms with van der Waals surface area (Å²) in [6, 6.07) is 15.5. The highest BCUT2D eigenvalue weighted by Crippen LogP contribution is 2.33. The molecule has 12 heteroatoms. The summed E-state index contributed by atoms with van der Waals surface area (Å²) in [6.45, 7) is -0.503. The second-order valence-corrected chi connectivity index (χ2v) is 9.52. The molecule has 1 aliphatic heterocycles. The highest BCUT2D eigenvalue weighted by atomic mass is 16.7. The molecule has 218 valence electrons. The summed E-state index contributed by atoms with van der Waals surface area (Å²) in [5.74, 6) is -1.13. The lowest BCUT2D eigenvalue weighted by Gasteiger charge is -2.39. The van der Waals surface area contributed by atoms with E-state index in [1.807, 2.05) is 0 Å². The van der Waals surface area contributed by atoms with Gasteiger partial charge in [-0.15, -0.1) is 0 Å². The van der Waals surface area contributed by atoms with Crippen molar-refractivity contribution >= 4 is 23.0 Å². The van der Waals surface area contributed by atoms with Crippen LogP contribution in [0.25, 0.3) is 28.4 Å². The van der Waals surface area contributed by atoms with Crippen LogP contribution in [0.15, 0.2) is 82.0 Å². The minimum atomic E-state index is -1.74. The molecule has 0 amide bonds. The topological polar surface area (TPSA) is 196 Å². The van der Waals surface area contributed by atoms with E-state index in [0.29, 0.717) is 11.1 Å². The Hall–Kier alpha value is -4.88. The van der Waals surface area contributed by atoms with Gasteiger partial charge in [0, 0.05) is 29.8 Å². The number of fused-ring (bicyclic) bond motifs is 1. The molecule has 0 bridgehead atoms. The summed E-state index contributed by atoms with van der Waals surface area (Å²) in [7, 11) is 0. The van der Waals surface area contributed by atoms with Crippen LogP contribution in [0.5, 0.6) is 23.0 Å². The maximum atomic E-state index is 12.7. The Morgan fingerprint density at radius 1 is 0.857 bits per heavy atom. The van der Waals surface area contributed by atoms with Crippen LogP contribution >= 0.6 is 0 Å². The minimum absolute atomic E-state index is 0.0205. The van der Waals surface area contributed by atoms with E-state index in [-0.39, 0.29) is 34.0 Å². The summed E-state index contributed by atoms with van der Waals surface area (Å²) in [6.07, 6.45) is -5.43. The average Bonchev–Trinajstić information content (AvgIpc) is 2.96. The Balaban J connectivity index is 1.31. The van der Waals surface area contributed by atoms with Gasteiger partial charge < -0.3 is 49.3 Å². The summed E-state index contributed by atoms with van der Waals surface area (Å²) in [4.78, 5) is 24.9. The Labute approximate surface area is 237 Å². The van der Waals surface area contributed by atoms with Crippen molar-refractivity contribution in [2.24, 2.45) is 0 Å². The van der Waals surface area contributed by atoms with E-state index in [1.54, 1.807) is 12.1 Å². The number of carbonyl (C=O) groups excluding carboxylic acids is 1. The molecule has 0 saturated carbocycles. The molecule has 6 N–H and O–H groups in total. The standard InChI is InChI=1S/C30H26O12/c31-17-6-1-15(2-7-17)3-10-25(35)39-14-24-27(36)28(37)29(38)30(42-24)40-19-11-20(33)26-21(34)13-22(41-23(26)12-19)16-4-8-18(32)9-5-16/h1-13,24,27-33,36-38H,14H2/t24-,27+,28+,29+,30+/m1/s1. The van der Waals surface area contributed by atoms with Crippen LogP contribution in [0.4, 0.5) is 0 Å². The van der Waals surface area contributed by atoms with Gasteiger partial charge in [0.2, 0.25) is 6.29 Å². The fourth-order valence-electron chi connectivity index (χ4n) is 4.33. The van der Waals surface area contributed by atoms with Gasteiger partial charge in [-0.2, -0.15) is 0 Å². The van der Waals surface area contributed by atoms with Gasteiger partial charge in [0.05, 0.1) is 0 Å². The van der Waals surface area contributed by atoms with E-state index in [2.05, 4.69) is 0 Å². The van der Waals surface area contributed by atoms with Crippen LogP contribution in [0, 0.1) is 0 Å². The first kappa shape index (κ1) is 28.6. The summed E-state index contributed by atoms with van der Waals surface area (Å²) < 4.78 is 22.2. The Kier molecular flexibility index (Phi) is 8.13. The molecule has 2 heterocycles. The largest absolute Gasteiger partial charge is 0.508 e. The molecule has 0 radical (unpaired) electrons. The summed E-state index contributed by atoms with van der Waals surface area (Å²) in [5.41, 5.74) is 0.501. The van der Waals surface area contributed by atoms with E-state index in [1.165, 1.54) is 54.6 Å². The van der Waals surface area contributed by atoms with Crippen molar-refractivity contribution in [2.45, 2.75) is 30.7 Å². The SMILES string of the molecule is O=C(C=Cc1ccc(O)cc1)OC[C@H]1O[C@H](Oc2cc(O)c3c(=O)cc(-c4ccc(O)cc4)oc3c2)[C@@H](O)[C@@H](O)[C@H]1O. The molecule has 1 saturated heterocycles. The number of benzene rings is 3. The number of ether oxygens (including phenoxy) is 3. The van der Waals surface area contributed by atoms with Gasteiger partial charge in [-0.1, -0.05) is 12.1 Å². The molecule has 5 rings (SSSR count). The summed E-state index contributed by atoms with van der Waals surface area (Å²) in [5, 5.41) is 60.5. The molecule has 12 nitrogen and oxygen atoms in total. The van der Waals surface area contributed by atoms with Crippen LogP contribution in [0.1, 0.15) is 5.56 Å². The Morgan fingerprint density at radius 3 is 2.21 bits per heavy atom. The highest BCUT2D eigenvalue weighted by Gasteiger charge is 2.45. The lowest BCUT2D eigenvalue weighted by atomic mass is 9.99. The number of carbonyl (C=O) groups is 1. The number of aromatic hydroxyl groups is 3. The third-order valence-electron chi connectivity index (χ3n) is 6.55. The number of phenols is 3. The second kappa shape index (κ2) is 11.9. The lowest BCUT2D eigenvalue weighted by Crippen LogP contribution is -2.60. The zero-order valence-electron chi connectivity index (χ0n) is 21.7. The van der Waals surface area contributed by atoms with Gasteiger partial charge >= 0.3 is 5.97 Å². The molecule has 1 aromatic heterocycles. The Morgan fingerprint density at radius 2 is 1.52 bits per heavy atom. The maximum Gasteiger partial charge on any atom is 0.330 e. The molecule has 0 unspecified atom stereocenters. The highest BCUT2D eigenvalue weighted by molar-refractivity contribution is 5.87. The number of hydrogen-bond acceptors (Lipinski definition) is 12. The fourth-order valence-corrected chi connectivity index (χ4v) is 4.33. The van der Waals surface area contributed by atoms with E-state index in [0.717, 1.165) is 12.1 Å². The monoisotopic (exact) mass is 578 g/mol. The first-order valence-electron chi connectivity index (χ1n) is 12.7. The third kappa shape index (κ3) is 6.21. The molecule has 1 aliphatic rings. The molecule has 3 aromatic carbocycles. The quantitative estimate of drug-likeness (QED) is 0.138. The zero-order chi connectivity index (χ0) is 30.0. The molecular weight excluding hydrogens is 552 g/mol. The van der Waals surface area contributed by atoms with Crippen molar-refractivity contribution in [2.75, 3.05) is 6.61 Å². The number of esters is 1. The van der Waals surface area contributed by atoms with E-state index in [4.69, 9.17) is 18.6 Å². The number of hydrogen-bond donors (Lipinski definition) is 6. The second-order valence-electron chi connectivity index (χ2n) is 9.52. The van der Waals surface area contributed by atoms with Gasteiger partial charge in [0.25, 0.3) is 0 Å². The number of phenolic OH excluding ortho intramolecular Hbond substituents is 3. The number of rotatable bonds is 7. The number of aliphatic hydroxyl groups is 3. The minimum Gasteiger partial charge on any atom is -0.508 e. The predicted molar refractivity (Wildman–Crippen MR) is 147 cm³/mol.